The summed E-state index contributed by atoms with van der Waals surface area (Å²) < 4.78 is 31.6. The minimum Gasteiger partial charge on any atom is -0.484 e. The summed E-state index contributed by atoms with van der Waals surface area (Å²) in [5, 5.41) is 3.08. The van der Waals surface area contributed by atoms with Crippen molar-refractivity contribution in [3.8, 4) is 5.75 Å². The molecule has 0 saturated heterocycles. The van der Waals surface area contributed by atoms with Gasteiger partial charge in [0.1, 0.15) is 5.75 Å². The third kappa shape index (κ3) is 4.97. The van der Waals surface area contributed by atoms with Gasteiger partial charge in [0.15, 0.2) is 6.61 Å². The van der Waals surface area contributed by atoms with Crippen molar-refractivity contribution in [1.29, 1.82) is 0 Å². The first-order valence-electron chi connectivity index (χ1n) is 8.15. The molecule has 1 N–H and O–H groups in total. The molecular formula is C18H21ClN2O4S. The van der Waals surface area contributed by atoms with E-state index in [0.29, 0.717) is 29.5 Å². The lowest BCUT2D eigenvalue weighted by Crippen LogP contribution is -2.30. The molecule has 0 aromatic heterocycles. The summed E-state index contributed by atoms with van der Waals surface area (Å²) >= 11 is 5.98. The lowest BCUT2D eigenvalue weighted by molar-refractivity contribution is -0.118. The van der Waals surface area contributed by atoms with Crippen LogP contribution in [0.25, 0.3) is 0 Å². The highest BCUT2D eigenvalue weighted by atomic mass is 35.5. The highest BCUT2D eigenvalue weighted by molar-refractivity contribution is 7.89. The van der Waals surface area contributed by atoms with Gasteiger partial charge in [-0.2, -0.15) is 4.31 Å². The summed E-state index contributed by atoms with van der Waals surface area (Å²) in [5.41, 5.74) is 0.503. The molecule has 140 valence electrons. The molecule has 0 fully saturated rings. The highest BCUT2D eigenvalue weighted by Gasteiger charge is 2.21. The van der Waals surface area contributed by atoms with Crippen LogP contribution >= 0.6 is 11.6 Å². The molecular weight excluding hydrogens is 376 g/mol. The maximum atomic E-state index is 12.4. The first-order chi connectivity index (χ1) is 12.4. The van der Waals surface area contributed by atoms with Crippen molar-refractivity contribution in [2.45, 2.75) is 18.7 Å². The van der Waals surface area contributed by atoms with Crippen LogP contribution in [0.4, 0.5) is 5.69 Å². The standard InChI is InChI=1S/C18H21ClN2O4S/c1-3-21(4-2)26(23,24)15-11-9-14(10-12-15)25-13-18(22)20-17-8-6-5-7-16(17)19/h5-12H,3-4,13H2,1-2H3,(H,20,22). The van der Waals surface area contributed by atoms with E-state index in [0.717, 1.165) is 0 Å². The number of halogens is 1. The van der Waals surface area contributed by atoms with Crippen molar-refractivity contribution < 1.29 is 17.9 Å². The third-order valence-electron chi connectivity index (χ3n) is 3.68. The van der Waals surface area contributed by atoms with Gasteiger partial charge < -0.3 is 10.1 Å². The topological polar surface area (TPSA) is 75.7 Å². The van der Waals surface area contributed by atoms with Gasteiger partial charge >= 0.3 is 0 Å². The van der Waals surface area contributed by atoms with Crippen LogP contribution in [-0.4, -0.2) is 38.3 Å². The maximum absolute atomic E-state index is 12.4. The van der Waals surface area contributed by atoms with Crippen molar-refractivity contribution in [1.82, 2.24) is 4.31 Å². The fraction of sp³-hybridized carbons (Fsp3) is 0.278. The molecule has 2 rings (SSSR count). The second-order valence-corrected chi connectivity index (χ2v) is 7.72. The van der Waals surface area contributed by atoms with Crippen LogP contribution < -0.4 is 10.1 Å². The number of hydrogen-bond acceptors (Lipinski definition) is 4. The van der Waals surface area contributed by atoms with Gasteiger partial charge in [0.2, 0.25) is 10.0 Å². The second-order valence-electron chi connectivity index (χ2n) is 5.38. The number of nitrogens with one attached hydrogen (secondary N) is 1. The van der Waals surface area contributed by atoms with Crippen LogP contribution in [0.5, 0.6) is 5.75 Å². The maximum Gasteiger partial charge on any atom is 0.262 e. The van der Waals surface area contributed by atoms with Gasteiger partial charge in [0.25, 0.3) is 5.91 Å². The quantitative estimate of drug-likeness (QED) is 0.742. The van der Waals surface area contributed by atoms with Crippen LogP contribution in [0, 0.1) is 0 Å². The number of nitrogens with zero attached hydrogens (tertiary/aromatic N) is 1. The lowest BCUT2D eigenvalue weighted by Gasteiger charge is -2.18. The Balaban J connectivity index is 1.97. The fourth-order valence-corrected chi connectivity index (χ4v) is 3.96. The van der Waals surface area contributed by atoms with Gasteiger partial charge in [-0.15, -0.1) is 0 Å². The minimum atomic E-state index is -3.51. The number of amides is 1. The monoisotopic (exact) mass is 396 g/mol. The Bertz CT molecular complexity index is 850. The smallest absolute Gasteiger partial charge is 0.262 e. The molecule has 0 spiro atoms. The Morgan fingerprint density at radius 1 is 1.08 bits per heavy atom. The van der Waals surface area contributed by atoms with E-state index < -0.39 is 10.0 Å². The van der Waals surface area contributed by atoms with E-state index in [1.54, 1.807) is 38.1 Å². The number of benzene rings is 2. The van der Waals surface area contributed by atoms with Crippen LogP contribution in [0.3, 0.4) is 0 Å². The Hall–Kier alpha value is -2.09. The van der Waals surface area contributed by atoms with Gasteiger partial charge in [0.05, 0.1) is 15.6 Å². The van der Waals surface area contributed by atoms with Gasteiger partial charge in [0, 0.05) is 13.1 Å². The van der Waals surface area contributed by atoms with E-state index in [2.05, 4.69) is 5.32 Å². The van der Waals surface area contributed by atoms with Crippen molar-refractivity contribution in [2.75, 3.05) is 25.0 Å². The van der Waals surface area contributed by atoms with Crippen LogP contribution in [-0.2, 0) is 14.8 Å². The van der Waals surface area contributed by atoms with E-state index in [1.807, 2.05) is 0 Å². The van der Waals surface area contributed by atoms with Crippen molar-refractivity contribution in [2.24, 2.45) is 0 Å². The Labute approximate surface area is 158 Å². The number of rotatable bonds is 8. The molecule has 0 aliphatic heterocycles. The van der Waals surface area contributed by atoms with Crippen molar-refractivity contribution in [3.63, 3.8) is 0 Å². The number of ether oxygens (including phenoxy) is 1. The average molecular weight is 397 g/mol. The molecule has 0 aliphatic carbocycles. The molecule has 2 aromatic carbocycles. The van der Waals surface area contributed by atoms with Crippen molar-refractivity contribution in [3.05, 3.63) is 53.6 Å². The van der Waals surface area contributed by atoms with E-state index in [-0.39, 0.29) is 17.4 Å². The lowest BCUT2D eigenvalue weighted by atomic mass is 10.3. The summed E-state index contributed by atoms with van der Waals surface area (Å²) in [5.74, 6) is 0.0377. The fourth-order valence-electron chi connectivity index (χ4n) is 2.32. The van der Waals surface area contributed by atoms with E-state index in [4.69, 9.17) is 16.3 Å². The number of sulfonamides is 1. The molecule has 0 bridgehead atoms. The number of hydrogen-bond donors (Lipinski definition) is 1. The molecule has 0 unspecified atom stereocenters. The number of anilines is 1. The van der Waals surface area contributed by atoms with Gasteiger partial charge in [-0.25, -0.2) is 8.42 Å². The molecule has 0 saturated carbocycles. The number of carbonyl (C=O) groups is 1. The Morgan fingerprint density at radius 2 is 1.69 bits per heavy atom. The van der Waals surface area contributed by atoms with Gasteiger partial charge in [-0.1, -0.05) is 37.6 Å². The second kappa shape index (κ2) is 9.02. The summed E-state index contributed by atoms with van der Waals surface area (Å²) in [7, 11) is -3.51. The SMILES string of the molecule is CCN(CC)S(=O)(=O)c1ccc(OCC(=O)Nc2ccccc2Cl)cc1. The van der Waals surface area contributed by atoms with E-state index >= 15 is 0 Å². The van der Waals surface area contributed by atoms with Crippen LogP contribution in [0.2, 0.25) is 5.02 Å². The summed E-state index contributed by atoms with van der Waals surface area (Å²) in [6.45, 7) is 4.16. The molecule has 6 nitrogen and oxygen atoms in total. The van der Waals surface area contributed by atoms with E-state index in [1.165, 1.54) is 28.6 Å². The molecule has 26 heavy (non-hydrogen) atoms. The zero-order valence-corrected chi connectivity index (χ0v) is 16.2. The summed E-state index contributed by atoms with van der Waals surface area (Å²) in [4.78, 5) is 12.1. The molecule has 8 heteroatoms. The zero-order valence-electron chi connectivity index (χ0n) is 14.6. The predicted molar refractivity (Wildman–Crippen MR) is 102 cm³/mol. The Kier molecular flexibility index (Phi) is 7.02. The minimum absolute atomic E-state index is 0.189. The number of para-hydroxylation sites is 1. The van der Waals surface area contributed by atoms with Gasteiger partial charge in [-0.05, 0) is 36.4 Å². The Morgan fingerprint density at radius 3 is 2.27 bits per heavy atom. The average Bonchev–Trinajstić information content (AvgIpc) is 2.63. The normalized spacial score (nSPS) is 11.4. The molecule has 0 radical (unpaired) electrons. The molecule has 0 aliphatic rings. The molecule has 2 aromatic rings. The van der Waals surface area contributed by atoms with E-state index in [9.17, 15) is 13.2 Å². The highest BCUT2D eigenvalue weighted by Crippen LogP contribution is 2.21. The first-order valence-corrected chi connectivity index (χ1v) is 9.97. The largest absolute Gasteiger partial charge is 0.484 e. The predicted octanol–water partition coefficient (Wildman–Crippen LogP) is 3.39. The molecule has 0 heterocycles. The van der Waals surface area contributed by atoms with Crippen LogP contribution in [0.1, 0.15) is 13.8 Å². The van der Waals surface area contributed by atoms with Gasteiger partial charge in [-0.3, -0.25) is 4.79 Å². The summed E-state index contributed by atoms with van der Waals surface area (Å²) in [6.07, 6.45) is 0. The summed E-state index contributed by atoms with van der Waals surface area (Å²) in [6, 6.07) is 12.9. The third-order valence-corrected chi connectivity index (χ3v) is 6.08. The molecule has 1 amide bonds. The molecule has 0 atom stereocenters. The zero-order chi connectivity index (χ0) is 19.2. The first kappa shape index (κ1) is 20.2. The van der Waals surface area contributed by atoms with Crippen LogP contribution in [0.15, 0.2) is 53.4 Å². The number of carbonyl (C=O) groups excluding carboxylic acids is 1. The van der Waals surface area contributed by atoms with Crippen molar-refractivity contribution >= 4 is 33.2 Å².